The number of benzene rings is 1. The lowest BCUT2D eigenvalue weighted by molar-refractivity contribution is -0.394. The molecular weight excluding hydrogens is 312 g/mol. The lowest BCUT2D eigenvalue weighted by Gasteiger charge is -2.09. The van der Waals surface area contributed by atoms with Crippen LogP contribution in [0.3, 0.4) is 0 Å². The molecule has 1 aromatic rings. The molecule has 1 rings (SSSR count). The van der Waals surface area contributed by atoms with Gasteiger partial charge in [-0.15, -0.1) is 0 Å². The molecule has 0 saturated heterocycles. The number of methoxy groups -OCH3 is 1. The summed E-state index contributed by atoms with van der Waals surface area (Å²) in [4.78, 5) is 42.7. The zero-order chi connectivity index (χ0) is 17.6. The molecule has 0 aliphatic rings. The zero-order valence-electron chi connectivity index (χ0n) is 12.4. The fraction of sp³-hybridized carbons (Fsp3) is 0.385. The first kappa shape index (κ1) is 18.0. The SMILES string of the molecule is COC(=O)C(C)CC(=O)OCc1cc([N+](=O)[O-])cc([N+](=O)[O-])c1. The summed E-state index contributed by atoms with van der Waals surface area (Å²) in [7, 11) is 1.19. The maximum Gasteiger partial charge on any atom is 0.308 e. The van der Waals surface area contributed by atoms with Gasteiger partial charge in [0.2, 0.25) is 0 Å². The second-order valence-corrected chi connectivity index (χ2v) is 4.66. The molecule has 0 N–H and O–H groups in total. The smallest absolute Gasteiger partial charge is 0.308 e. The van der Waals surface area contributed by atoms with Gasteiger partial charge in [-0.2, -0.15) is 0 Å². The minimum absolute atomic E-state index is 0.102. The number of hydrogen-bond donors (Lipinski definition) is 0. The lowest BCUT2D eigenvalue weighted by Crippen LogP contribution is -2.18. The van der Waals surface area contributed by atoms with Gasteiger partial charge in [-0.25, -0.2) is 0 Å². The summed E-state index contributed by atoms with van der Waals surface area (Å²) >= 11 is 0. The first-order valence-corrected chi connectivity index (χ1v) is 6.40. The van der Waals surface area contributed by atoms with Crippen LogP contribution in [0.5, 0.6) is 0 Å². The standard InChI is InChI=1S/C13H14N2O8/c1-8(13(17)22-2)3-12(16)23-7-9-4-10(14(18)19)6-11(5-9)15(20)21/h4-6,8H,3,7H2,1-2H3. The van der Waals surface area contributed by atoms with E-state index in [0.717, 1.165) is 18.2 Å². The summed E-state index contributed by atoms with van der Waals surface area (Å²) in [6.45, 7) is 1.10. The predicted molar refractivity (Wildman–Crippen MR) is 75.3 cm³/mol. The van der Waals surface area contributed by atoms with Gasteiger partial charge in [0.05, 0.1) is 35.4 Å². The van der Waals surface area contributed by atoms with Crippen molar-refractivity contribution in [3.63, 3.8) is 0 Å². The summed E-state index contributed by atoms with van der Waals surface area (Å²) in [6, 6.07) is 2.96. The largest absolute Gasteiger partial charge is 0.469 e. The fourth-order valence-electron chi connectivity index (χ4n) is 1.71. The molecule has 0 bridgehead atoms. The van der Waals surface area contributed by atoms with Crippen molar-refractivity contribution in [1.29, 1.82) is 0 Å². The minimum atomic E-state index is -0.780. The molecule has 124 valence electrons. The molecular formula is C13H14N2O8. The van der Waals surface area contributed by atoms with Gasteiger partial charge in [0.25, 0.3) is 11.4 Å². The Morgan fingerprint density at radius 3 is 2.09 bits per heavy atom. The average molecular weight is 326 g/mol. The Balaban J connectivity index is 2.77. The molecule has 23 heavy (non-hydrogen) atoms. The maximum absolute atomic E-state index is 11.6. The van der Waals surface area contributed by atoms with Crippen LogP contribution in [0.15, 0.2) is 18.2 Å². The van der Waals surface area contributed by atoms with Crippen molar-refractivity contribution >= 4 is 23.3 Å². The predicted octanol–water partition coefficient (Wildman–Crippen LogP) is 1.75. The Bertz CT molecular complexity index is 611. The van der Waals surface area contributed by atoms with Gasteiger partial charge in [-0.05, 0) is 0 Å². The highest BCUT2D eigenvalue weighted by Gasteiger charge is 2.20. The summed E-state index contributed by atoms with van der Waals surface area (Å²) in [5.41, 5.74) is -0.855. The normalized spacial score (nSPS) is 11.4. The zero-order valence-corrected chi connectivity index (χ0v) is 12.4. The van der Waals surface area contributed by atoms with Gasteiger partial charge in [0.1, 0.15) is 6.61 Å². The Morgan fingerprint density at radius 2 is 1.65 bits per heavy atom. The summed E-state index contributed by atoms with van der Waals surface area (Å²) < 4.78 is 9.33. The summed E-state index contributed by atoms with van der Waals surface area (Å²) in [5.74, 6) is -2.00. The molecule has 0 fully saturated rings. The van der Waals surface area contributed by atoms with Crippen molar-refractivity contribution in [3.8, 4) is 0 Å². The van der Waals surface area contributed by atoms with Crippen LogP contribution in [0.25, 0.3) is 0 Å². The van der Waals surface area contributed by atoms with Gasteiger partial charge in [0, 0.05) is 17.7 Å². The second kappa shape index (κ2) is 7.82. The monoisotopic (exact) mass is 326 g/mol. The highest BCUT2D eigenvalue weighted by molar-refractivity contribution is 5.79. The number of carbonyl (C=O) groups is 2. The van der Waals surface area contributed by atoms with Crippen LogP contribution in [0.1, 0.15) is 18.9 Å². The minimum Gasteiger partial charge on any atom is -0.469 e. The Kier molecular flexibility index (Phi) is 6.13. The number of carbonyl (C=O) groups excluding carboxylic acids is 2. The van der Waals surface area contributed by atoms with Crippen molar-refractivity contribution in [1.82, 2.24) is 0 Å². The number of hydrogen-bond acceptors (Lipinski definition) is 8. The number of non-ortho nitro benzene ring substituents is 2. The van der Waals surface area contributed by atoms with E-state index in [-0.39, 0.29) is 18.6 Å². The Hall–Kier alpha value is -3.04. The van der Waals surface area contributed by atoms with Crippen molar-refractivity contribution < 1.29 is 28.9 Å². The van der Waals surface area contributed by atoms with Crippen LogP contribution >= 0.6 is 0 Å². The first-order chi connectivity index (χ1) is 10.7. The molecule has 0 saturated carbocycles. The number of nitro groups is 2. The molecule has 0 heterocycles. The van der Waals surface area contributed by atoms with E-state index in [4.69, 9.17) is 4.74 Å². The lowest BCUT2D eigenvalue weighted by atomic mass is 10.1. The van der Waals surface area contributed by atoms with Gasteiger partial charge in [0.15, 0.2) is 0 Å². The molecule has 10 heteroatoms. The Labute approximate surface area is 130 Å². The van der Waals surface area contributed by atoms with Gasteiger partial charge < -0.3 is 9.47 Å². The van der Waals surface area contributed by atoms with Gasteiger partial charge >= 0.3 is 11.9 Å². The third-order valence-electron chi connectivity index (χ3n) is 2.86. The van der Waals surface area contributed by atoms with Gasteiger partial charge in [-0.1, -0.05) is 6.92 Å². The number of nitrogens with zero attached hydrogens (tertiary/aromatic N) is 2. The molecule has 1 aromatic carbocycles. The second-order valence-electron chi connectivity index (χ2n) is 4.66. The maximum atomic E-state index is 11.6. The number of nitro benzene ring substituents is 2. The summed E-state index contributed by atoms with van der Waals surface area (Å²) in [6.07, 6.45) is -0.232. The third kappa shape index (κ3) is 5.34. The highest BCUT2D eigenvalue weighted by Crippen LogP contribution is 2.23. The molecule has 1 unspecified atom stereocenters. The highest BCUT2D eigenvalue weighted by atomic mass is 16.6. The van der Waals surface area contributed by atoms with Crippen LogP contribution in [-0.4, -0.2) is 28.9 Å². The quantitative estimate of drug-likeness (QED) is 0.419. The Morgan fingerprint density at radius 1 is 1.13 bits per heavy atom. The average Bonchev–Trinajstić information content (AvgIpc) is 2.51. The molecule has 0 aromatic heterocycles. The van der Waals surface area contributed by atoms with E-state index < -0.39 is 39.1 Å². The fourth-order valence-corrected chi connectivity index (χ4v) is 1.71. The third-order valence-corrected chi connectivity index (χ3v) is 2.86. The molecule has 0 radical (unpaired) electrons. The van der Waals surface area contributed by atoms with Crippen molar-refractivity contribution in [2.24, 2.45) is 5.92 Å². The van der Waals surface area contributed by atoms with Crippen LogP contribution in [0.2, 0.25) is 0 Å². The molecule has 0 amide bonds. The van der Waals surface area contributed by atoms with E-state index in [0.29, 0.717) is 0 Å². The number of rotatable bonds is 7. The van der Waals surface area contributed by atoms with Crippen molar-refractivity contribution in [3.05, 3.63) is 44.0 Å². The van der Waals surface area contributed by atoms with Crippen LogP contribution in [-0.2, 0) is 25.7 Å². The van der Waals surface area contributed by atoms with E-state index in [9.17, 15) is 29.8 Å². The van der Waals surface area contributed by atoms with Crippen molar-refractivity contribution in [2.45, 2.75) is 20.0 Å². The number of ether oxygens (including phenoxy) is 2. The van der Waals surface area contributed by atoms with E-state index in [2.05, 4.69) is 4.74 Å². The molecule has 0 aliphatic carbocycles. The van der Waals surface area contributed by atoms with Crippen molar-refractivity contribution in [2.75, 3.05) is 7.11 Å². The van der Waals surface area contributed by atoms with Crippen LogP contribution in [0.4, 0.5) is 11.4 Å². The topological polar surface area (TPSA) is 139 Å². The van der Waals surface area contributed by atoms with E-state index in [1.807, 2.05) is 0 Å². The van der Waals surface area contributed by atoms with E-state index in [1.54, 1.807) is 0 Å². The molecule has 10 nitrogen and oxygen atoms in total. The van der Waals surface area contributed by atoms with Crippen LogP contribution < -0.4 is 0 Å². The molecule has 0 spiro atoms. The molecule has 0 aliphatic heterocycles. The van der Waals surface area contributed by atoms with E-state index in [1.165, 1.54) is 14.0 Å². The first-order valence-electron chi connectivity index (χ1n) is 6.40. The summed E-state index contributed by atoms with van der Waals surface area (Å²) in [5, 5.41) is 21.5. The van der Waals surface area contributed by atoms with E-state index >= 15 is 0 Å². The van der Waals surface area contributed by atoms with Gasteiger partial charge in [-0.3, -0.25) is 29.8 Å². The number of esters is 2. The molecule has 1 atom stereocenters. The van der Waals surface area contributed by atoms with Crippen LogP contribution in [0, 0.1) is 26.1 Å².